The van der Waals surface area contributed by atoms with E-state index < -0.39 is 23.4 Å². The molecular formula is C18H13F3N2O2. The van der Waals surface area contributed by atoms with Gasteiger partial charge in [0.15, 0.2) is 0 Å². The molecule has 0 radical (unpaired) electrons. The third-order valence-corrected chi connectivity index (χ3v) is 4.09. The summed E-state index contributed by atoms with van der Waals surface area (Å²) < 4.78 is 41.6. The third kappa shape index (κ3) is 2.53. The predicted octanol–water partition coefficient (Wildman–Crippen LogP) is 4.13. The van der Waals surface area contributed by atoms with Crippen LogP contribution in [0.25, 0.3) is 5.57 Å². The molecule has 0 saturated heterocycles. The smallest absolute Gasteiger partial charge is 0.337 e. The lowest BCUT2D eigenvalue weighted by Gasteiger charge is -2.32. The van der Waals surface area contributed by atoms with E-state index in [2.05, 4.69) is 6.58 Å². The van der Waals surface area contributed by atoms with Gasteiger partial charge in [-0.05, 0) is 36.3 Å². The van der Waals surface area contributed by atoms with Crippen molar-refractivity contribution >= 4 is 28.6 Å². The average molecular weight is 346 g/mol. The number of rotatable bonds is 2. The number of nitrogen functional groups attached to an aromatic ring is 1. The van der Waals surface area contributed by atoms with Crippen LogP contribution in [0.2, 0.25) is 0 Å². The highest BCUT2D eigenvalue weighted by molar-refractivity contribution is 6.10. The summed E-state index contributed by atoms with van der Waals surface area (Å²) >= 11 is 0. The summed E-state index contributed by atoms with van der Waals surface area (Å²) in [5.74, 6) is -3.72. The Morgan fingerprint density at radius 3 is 2.48 bits per heavy atom. The molecule has 4 nitrogen and oxygen atoms in total. The van der Waals surface area contributed by atoms with Gasteiger partial charge in [-0.3, -0.25) is 0 Å². The quantitative estimate of drug-likeness (QED) is 0.803. The van der Waals surface area contributed by atoms with Gasteiger partial charge in [0.25, 0.3) is 0 Å². The molecule has 2 aromatic rings. The molecule has 128 valence electrons. The van der Waals surface area contributed by atoms with Crippen molar-refractivity contribution in [1.82, 2.24) is 0 Å². The van der Waals surface area contributed by atoms with Gasteiger partial charge >= 0.3 is 5.97 Å². The van der Waals surface area contributed by atoms with Crippen molar-refractivity contribution in [2.75, 3.05) is 10.6 Å². The minimum absolute atomic E-state index is 0.0725. The van der Waals surface area contributed by atoms with E-state index in [0.717, 1.165) is 24.4 Å². The topological polar surface area (TPSA) is 66.6 Å². The lowest BCUT2D eigenvalue weighted by atomic mass is 9.91. The van der Waals surface area contributed by atoms with Crippen LogP contribution in [0.5, 0.6) is 0 Å². The molecule has 0 spiro atoms. The van der Waals surface area contributed by atoms with Crippen molar-refractivity contribution in [3.05, 3.63) is 71.2 Å². The fourth-order valence-corrected chi connectivity index (χ4v) is 2.79. The van der Waals surface area contributed by atoms with E-state index in [9.17, 15) is 23.1 Å². The number of anilines is 3. The lowest BCUT2D eigenvalue weighted by molar-refractivity contribution is -0.132. The second-order valence-corrected chi connectivity index (χ2v) is 5.59. The van der Waals surface area contributed by atoms with Gasteiger partial charge in [-0.1, -0.05) is 6.58 Å². The van der Waals surface area contributed by atoms with E-state index in [1.54, 1.807) is 0 Å². The number of hydrogen-bond acceptors (Lipinski definition) is 3. The zero-order valence-electron chi connectivity index (χ0n) is 13.1. The van der Waals surface area contributed by atoms with Gasteiger partial charge in [0.2, 0.25) is 0 Å². The first kappa shape index (κ1) is 16.6. The molecule has 25 heavy (non-hydrogen) atoms. The van der Waals surface area contributed by atoms with Crippen LogP contribution in [0.4, 0.5) is 30.2 Å². The second-order valence-electron chi connectivity index (χ2n) is 5.59. The summed E-state index contributed by atoms with van der Waals surface area (Å²) in [6.45, 7) is 5.22. The van der Waals surface area contributed by atoms with Gasteiger partial charge in [0.1, 0.15) is 17.5 Å². The number of nitrogens with zero attached hydrogens (tertiary/aromatic N) is 1. The van der Waals surface area contributed by atoms with Crippen LogP contribution in [0.3, 0.4) is 0 Å². The standard InChI is InChI=1S/C18H13F3N2O2/c1-8-11-6-14(21)16(22)9(2)17(11)23(7-12(8)18(24)25)15-4-3-10(19)5-13(15)20/h3-7H,1,22H2,2H3,(H,24,25). The third-order valence-electron chi connectivity index (χ3n) is 4.09. The Kier molecular flexibility index (Phi) is 3.79. The summed E-state index contributed by atoms with van der Waals surface area (Å²) in [4.78, 5) is 12.7. The molecule has 3 N–H and O–H groups in total. The van der Waals surface area contributed by atoms with Gasteiger partial charge in [-0.15, -0.1) is 0 Å². The first-order chi connectivity index (χ1) is 11.7. The molecule has 1 aliphatic heterocycles. The summed E-state index contributed by atoms with van der Waals surface area (Å²) in [7, 11) is 0. The highest BCUT2D eigenvalue weighted by atomic mass is 19.1. The molecule has 0 atom stereocenters. The average Bonchev–Trinajstić information content (AvgIpc) is 2.54. The van der Waals surface area contributed by atoms with Crippen molar-refractivity contribution in [2.24, 2.45) is 0 Å². The monoisotopic (exact) mass is 346 g/mol. The Morgan fingerprint density at radius 2 is 1.88 bits per heavy atom. The molecule has 0 aliphatic carbocycles. The van der Waals surface area contributed by atoms with Crippen molar-refractivity contribution in [3.8, 4) is 0 Å². The van der Waals surface area contributed by atoms with Crippen LogP contribution < -0.4 is 10.6 Å². The van der Waals surface area contributed by atoms with E-state index in [-0.39, 0.29) is 28.1 Å². The molecule has 1 heterocycles. The molecule has 0 amide bonds. The number of halogens is 3. The summed E-state index contributed by atoms with van der Waals surface area (Å²) in [5.41, 5.74) is 6.08. The zero-order chi connectivity index (χ0) is 18.5. The molecule has 0 bridgehead atoms. The first-order valence-corrected chi connectivity index (χ1v) is 7.20. The molecule has 3 rings (SSSR count). The Labute approximate surface area is 141 Å². The maximum absolute atomic E-state index is 14.3. The highest BCUT2D eigenvalue weighted by Gasteiger charge is 2.30. The van der Waals surface area contributed by atoms with Crippen molar-refractivity contribution in [1.29, 1.82) is 0 Å². The number of carbonyl (C=O) groups is 1. The van der Waals surface area contributed by atoms with E-state index in [4.69, 9.17) is 5.73 Å². The first-order valence-electron chi connectivity index (χ1n) is 7.20. The van der Waals surface area contributed by atoms with E-state index >= 15 is 0 Å². The number of benzene rings is 2. The van der Waals surface area contributed by atoms with Crippen LogP contribution in [0.15, 0.2) is 42.6 Å². The van der Waals surface area contributed by atoms with E-state index in [0.29, 0.717) is 17.3 Å². The van der Waals surface area contributed by atoms with Gasteiger partial charge in [-0.2, -0.15) is 0 Å². The Morgan fingerprint density at radius 1 is 1.20 bits per heavy atom. The van der Waals surface area contributed by atoms with Crippen LogP contribution in [-0.2, 0) is 4.79 Å². The van der Waals surface area contributed by atoms with Crippen molar-refractivity contribution < 1.29 is 23.1 Å². The maximum Gasteiger partial charge on any atom is 0.337 e. The molecular weight excluding hydrogens is 333 g/mol. The van der Waals surface area contributed by atoms with E-state index in [1.807, 2.05) is 0 Å². The highest BCUT2D eigenvalue weighted by Crippen LogP contribution is 2.45. The fraction of sp³-hybridized carbons (Fsp3) is 0.0556. The Hall–Kier alpha value is -3.22. The molecule has 0 saturated carbocycles. The van der Waals surface area contributed by atoms with Crippen LogP contribution >= 0.6 is 0 Å². The number of nitrogens with two attached hydrogens (primary N) is 1. The number of aliphatic carboxylic acids is 1. The van der Waals surface area contributed by atoms with Gasteiger partial charge in [-0.25, -0.2) is 18.0 Å². The largest absolute Gasteiger partial charge is 0.478 e. The molecule has 0 unspecified atom stereocenters. The van der Waals surface area contributed by atoms with Gasteiger partial charge < -0.3 is 15.7 Å². The molecule has 7 heteroatoms. The summed E-state index contributed by atoms with van der Waals surface area (Å²) in [5, 5.41) is 9.38. The zero-order valence-corrected chi connectivity index (χ0v) is 13.1. The molecule has 2 aromatic carbocycles. The van der Waals surface area contributed by atoms with Crippen LogP contribution in [0, 0.1) is 24.4 Å². The Bertz CT molecular complexity index is 967. The van der Waals surface area contributed by atoms with Crippen LogP contribution in [0.1, 0.15) is 11.1 Å². The van der Waals surface area contributed by atoms with Gasteiger partial charge in [0.05, 0.1) is 22.6 Å². The van der Waals surface area contributed by atoms with Crippen LogP contribution in [-0.4, -0.2) is 11.1 Å². The van der Waals surface area contributed by atoms with Gasteiger partial charge in [0, 0.05) is 17.8 Å². The molecule has 0 fully saturated rings. The minimum Gasteiger partial charge on any atom is -0.478 e. The fourth-order valence-electron chi connectivity index (χ4n) is 2.79. The molecule has 0 aromatic heterocycles. The number of hydrogen-bond donors (Lipinski definition) is 2. The summed E-state index contributed by atoms with van der Waals surface area (Å²) in [6.07, 6.45) is 1.16. The van der Waals surface area contributed by atoms with E-state index in [1.165, 1.54) is 11.8 Å². The second kappa shape index (κ2) is 5.70. The molecule has 1 aliphatic rings. The maximum atomic E-state index is 14.3. The van der Waals surface area contributed by atoms with Crippen molar-refractivity contribution in [3.63, 3.8) is 0 Å². The summed E-state index contributed by atoms with van der Waals surface area (Å²) in [6, 6.07) is 3.94. The number of fused-ring (bicyclic) bond motifs is 1. The predicted molar refractivity (Wildman–Crippen MR) is 88.8 cm³/mol. The number of carboxylic acid groups (broad SMARTS) is 1. The number of carboxylic acids is 1. The SMILES string of the molecule is C=C1C(C(=O)O)=CN(c2ccc(F)cc2F)c2c1cc(F)c(N)c2C. The normalized spacial score (nSPS) is 13.5. The lowest BCUT2D eigenvalue weighted by Crippen LogP contribution is -2.22. The minimum atomic E-state index is -1.31. The van der Waals surface area contributed by atoms with Crippen molar-refractivity contribution in [2.45, 2.75) is 6.92 Å². The Balaban J connectivity index is 2.36.